The van der Waals surface area contributed by atoms with Gasteiger partial charge >= 0.3 is 0 Å². The monoisotopic (exact) mass is 351 g/mol. The Morgan fingerprint density at radius 2 is 1.68 bits per heavy atom. The quantitative estimate of drug-likeness (QED) is 0.384. The largest absolute Gasteiger partial charge is 0.331 e. The van der Waals surface area contributed by atoms with Gasteiger partial charge in [0.2, 0.25) is 0 Å². The lowest BCUT2D eigenvalue weighted by molar-refractivity contribution is 0.0883. The Balaban J connectivity index is 1.69. The minimum absolute atomic E-state index is 0.221. The fourth-order valence-electron chi connectivity index (χ4n) is 2.81. The number of hydrogen-bond donors (Lipinski definition) is 2. The first-order valence-corrected chi connectivity index (χ1v) is 8.23. The summed E-state index contributed by atoms with van der Waals surface area (Å²) in [7, 11) is 0. The van der Waals surface area contributed by atoms with Gasteiger partial charge in [0.15, 0.2) is 16.7 Å². The van der Waals surface area contributed by atoms with E-state index in [9.17, 15) is 9.59 Å². The highest BCUT2D eigenvalue weighted by atomic mass is 32.1. The van der Waals surface area contributed by atoms with Gasteiger partial charge in [-0.3, -0.25) is 15.0 Å². The average molecular weight is 351 g/mol. The molecular weight excluding hydrogens is 334 g/mol. The molecule has 0 radical (unpaired) electrons. The summed E-state index contributed by atoms with van der Waals surface area (Å²) < 4.78 is 0. The van der Waals surface area contributed by atoms with Gasteiger partial charge in [-0.15, -0.1) is 0 Å². The van der Waals surface area contributed by atoms with E-state index in [0.29, 0.717) is 22.0 Å². The molecule has 1 aliphatic carbocycles. The van der Waals surface area contributed by atoms with Gasteiger partial charge in [0, 0.05) is 16.8 Å². The van der Waals surface area contributed by atoms with Crippen LogP contribution >= 0.6 is 12.2 Å². The summed E-state index contributed by atoms with van der Waals surface area (Å²) in [6.07, 6.45) is 0. The third-order valence-corrected chi connectivity index (χ3v) is 4.20. The molecule has 0 aliphatic heterocycles. The summed E-state index contributed by atoms with van der Waals surface area (Å²) in [5.74, 6) is -1.32. The van der Waals surface area contributed by atoms with Gasteiger partial charge in [0.25, 0.3) is 0 Å². The van der Waals surface area contributed by atoms with E-state index < -0.39 is 5.92 Å². The highest BCUT2D eigenvalue weighted by Gasteiger charge is 2.40. The summed E-state index contributed by atoms with van der Waals surface area (Å²) in [6.45, 7) is 3.63. The standard InChI is InChI=1S/C19H17N3O2S/c1-11-6-5-7-13(10-11)20-19(25)22-21-12(2)16-17(23)14-8-3-4-9-15(14)18(16)24/h3-10,16H,1-2H3,(H2,20,22,25). The number of nitrogens with one attached hydrogen (secondary N) is 2. The van der Waals surface area contributed by atoms with E-state index >= 15 is 0 Å². The highest BCUT2D eigenvalue weighted by molar-refractivity contribution is 7.80. The SMILES string of the molecule is CC(=NNC(=S)Nc1cccc(C)c1)C1C(=O)c2ccccc2C1=O. The van der Waals surface area contributed by atoms with Crippen LogP contribution in [0.1, 0.15) is 33.2 Å². The molecule has 2 aromatic carbocycles. The average Bonchev–Trinajstić information content (AvgIpc) is 2.84. The van der Waals surface area contributed by atoms with E-state index in [1.807, 2.05) is 31.2 Å². The molecule has 126 valence electrons. The Morgan fingerprint density at radius 1 is 1.04 bits per heavy atom. The minimum atomic E-state index is -0.883. The van der Waals surface area contributed by atoms with Crippen LogP contribution in [0.2, 0.25) is 0 Å². The fraction of sp³-hybridized carbons (Fsp3) is 0.158. The first-order valence-electron chi connectivity index (χ1n) is 7.82. The maximum Gasteiger partial charge on any atom is 0.191 e. The zero-order valence-electron chi connectivity index (χ0n) is 13.9. The van der Waals surface area contributed by atoms with Crippen molar-refractivity contribution in [2.24, 2.45) is 11.0 Å². The highest BCUT2D eigenvalue weighted by Crippen LogP contribution is 2.27. The van der Waals surface area contributed by atoms with Crippen molar-refractivity contribution in [3.05, 3.63) is 65.2 Å². The van der Waals surface area contributed by atoms with Crippen molar-refractivity contribution in [3.8, 4) is 0 Å². The number of benzene rings is 2. The predicted octanol–water partition coefficient (Wildman–Crippen LogP) is 3.35. The van der Waals surface area contributed by atoms with E-state index in [4.69, 9.17) is 12.2 Å². The molecule has 3 rings (SSSR count). The molecule has 0 amide bonds. The molecule has 0 spiro atoms. The van der Waals surface area contributed by atoms with Crippen molar-refractivity contribution in [1.29, 1.82) is 0 Å². The van der Waals surface area contributed by atoms with Crippen LogP contribution in [0.4, 0.5) is 5.69 Å². The number of aryl methyl sites for hydroxylation is 1. The van der Waals surface area contributed by atoms with E-state index in [1.165, 1.54) is 0 Å². The van der Waals surface area contributed by atoms with Crippen LogP contribution in [0, 0.1) is 12.8 Å². The lowest BCUT2D eigenvalue weighted by atomic mass is 9.99. The number of ketones is 2. The Morgan fingerprint density at radius 3 is 2.28 bits per heavy atom. The van der Waals surface area contributed by atoms with E-state index in [2.05, 4.69) is 15.8 Å². The maximum absolute atomic E-state index is 12.4. The first-order chi connectivity index (χ1) is 12.0. The van der Waals surface area contributed by atoms with Crippen LogP contribution in [0.15, 0.2) is 53.6 Å². The number of rotatable bonds is 3. The van der Waals surface area contributed by atoms with Gasteiger partial charge in [-0.05, 0) is 43.8 Å². The van der Waals surface area contributed by atoms with Crippen molar-refractivity contribution in [3.63, 3.8) is 0 Å². The number of nitrogens with zero attached hydrogens (tertiary/aromatic N) is 1. The minimum Gasteiger partial charge on any atom is -0.331 e. The fourth-order valence-corrected chi connectivity index (χ4v) is 2.97. The summed E-state index contributed by atoms with van der Waals surface area (Å²) >= 11 is 5.20. The van der Waals surface area contributed by atoms with Gasteiger partial charge in [-0.1, -0.05) is 36.4 Å². The second kappa shape index (κ2) is 6.94. The van der Waals surface area contributed by atoms with E-state index in [-0.39, 0.29) is 11.6 Å². The number of hydrazone groups is 1. The third-order valence-electron chi connectivity index (χ3n) is 4.01. The lowest BCUT2D eigenvalue weighted by Gasteiger charge is -2.10. The molecule has 25 heavy (non-hydrogen) atoms. The van der Waals surface area contributed by atoms with E-state index in [1.54, 1.807) is 31.2 Å². The number of hydrogen-bond acceptors (Lipinski definition) is 4. The van der Waals surface area contributed by atoms with Crippen molar-refractivity contribution in [2.75, 3.05) is 5.32 Å². The molecule has 0 unspecified atom stereocenters. The molecule has 0 saturated carbocycles. The van der Waals surface area contributed by atoms with Gasteiger partial charge < -0.3 is 5.32 Å². The zero-order valence-corrected chi connectivity index (χ0v) is 14.7. The van der Waals surface area contributed by atoms with Crippen molar-refractivity contribution in [2.45, 2.75) is 13.8 Å². The van der Waals surface area contributed by atoms with E-state index in [0.717, 1.165) is 11.3 Å². The summed E-state index contributed by atoms with van der Waals surface area (Å²) in [5.41, 5.74) is 5.93. The van der Waals surface area contributed by atoms with Crippen LogP contribution in [-0.4, -0.2) is 22.4 Å². The maximum atomic E-state index is 12.4. The Kier molecular flexibility index (Phi) is 4.72. The molecule has 6 heteroatoms. The molecule has 0 heterocycles. The molecule has 0 bridgehead atoms. The lowest BCUT2D eigenvalue weighted by Crippen LogP contribution is -2.29. The molecule has 0 fully saturated rings. The van der Waals surface area contributed by atoms with Gasteiger partial charge in [-0.2, -0.15) is 5.10 Å². The number of thiocarbonyl (C=S) groups is 1. The summed E-state index contributed by atoms with van der Waals surface area (Å²) in [5, 5.41) is 7.43. The molecule has 0 aromatic heterocycles. The first kappa shape index (κ1) is 17.0. The van der Waals surface area contributed by atoms with Crippen LogP contribution in [0.25, 0.3) is 0 Å². The number of fused-ring (bicyclic) bond motifs is 1. The molecule has 5 nitrogen and oxygen atoms in total. The van der Waals surface area contributed by atoms with Crippen LogP contribution in [0.3, 0.4) is 0 Å². The topological polar surface area (TPSA) is 70.6 Å². The van der Waals surface area contributed by atoms with Gasteiger partial charge in [-0.25, -0.2) is 0 Å². The van der Waals surface area contributed by atoms with Crippen molar-refractivity contribution < 1.29 is 9.59 Å². The van der Waals surface area contributed by atoms with Crippen LogP contribution < -0.4 is 10.7 Å². The predicted molar refractivity (Wildman–Crippen MR) is 102 cm³/mol. The molecular formula is C19H17N3O2S. The molecule has 1 aliphatic rings. The number of carbonyl (C=O) groups is 2. The normalized spacial score (nSPS) is 14.4. The molecule has 0 atom stereocenters. The van der Waals surface area contributed by atoms with Gasteiger partial charge in [0.1, 0.15) is 5.92 Å². The Hall–Kier alpha value is -2.86. The number of carbonyl (C=O) groups excluding carboxylic acids is 2. The third kappa shape index (κ3) is 3.49. The van der Waals surface area contributed by atoms with Crippen molar-refractivity contribution >= 4 is 40.3 Å². The molecule has 2 N–H and O–H groups in total. The van der Waals surface area contributed by atoms with Gasteiger partial charge in [0.05, 0.1) is 5.71 Å². The second-order valence-electron chi connectivity index (χ2n) is 5.90. The molecule has 0 saturated heterocycles. The Labute approximate surface area is 151 Å². The van der Waals surface area contributed by atoms with Crippen LogP contribution in [0.5, 0.6) is 0 Å². The number of anilines is 1. The smallest absolute Gasteiger partial charge is 0.191 e. The van der Waals surface area contributed by atoms with Crippen molar-refractivity contribution in [1.82, 2.24) is 5.43 Å². The van der Waals surface area contributed by atoms with Crippen LogP contribution in [-0.2, 0) is 0 Å². The summed E-state index contributed by atoms with van der Waals surface area (Å²) in [6, 6.07) is 14.6. The number of Topliss-reactive ketones (excluding diaryl/α,β-unsaturated/α-hetero) is 2. The second-order valence-corrected chi connectivity index (χ2v) is 6.30. The zero-order chi connectivity index (χ0) is 18.0. The summed E-state index contributed by atoms with van der Waals surface area (Å²) in [4.78, 5) is 24.9. The molecule has 2 aromatic rings. The Bertz CT molecular complexity index is 870.